The van der Waals surface area contributed by atoms with Gasteiger partial charge in [0.15, 0.2) is 11.6 Å². The molecule has 1 aliphatic heterocycles. The molecule has 2 aliphatic rings. The summed E-state index contributed by atoms with van der Waals surface area (Å²) in [4.78, 5) is 35.6. The molecule has 0 radical (unpaired) electrons. The Bertz CT molecular complexity index is 796. The second-order valence-corrected chi connectivity index (χ2v) is 8.89. The molecule has 1 aromatic rings. The van der Waals surface area contributed by atoms with E-state index in [-0.39, 0.29) is 48.2 Å². The van der Waals surface area contributed by atoms with Crippen molar-refractivity contribution in [2.45, 2.75) is 45.2 Å². The van der Waals surface area contributed by atoms with Gasteiger partial charge in [-0.15, -0.1) is 0 Å². The van der Waals surface area contributed by atoms with Crippen LogP contribution in [-0.4, -0.2) is 76.7 Å². The third-order valence-corrected chi connectivity index (χ3v) is 6.32. The minimum Gasteiger partial charge on any atom is -0.350 e. The predicted octanol–water partition coefficient (Wildman–Crippen LogP) is 1.68. The van der Waals surface area contributed by atoms with Crippen molar-refractivity contribution in [1.82, 2.24) is 25.2 Å². The van der Waals surface area contributed by atoms with Crippen LogP contribution in [0.15, 0.2) is 0 Å². The van der Waals surface area contributed by atoms with Gasteiger partial charge in [0, 0.05) is 25.7 Å². The number of nitrogens with zero attached hydrogens (tertiary/aromatic N) is 5. The second-order valence-electron chi connectivity index (χ2n) is 8.56. The summed E-state index contributed by atoms with van der Waals surface area (Å²) < 4.78 is 15.2. The molecule has 2 heterocycles. The van der Waals surface area contributed by atoms with Gasteiger partial charge in [-0.1, -0.05) is 19.3 Å². The van der Waals surface area contributed by atoms with Crippen LogP contribution in [0.4, 0.5) is 10.2 Å². The van der Waals surface area contributed by atoms with Gasteiger partial charge in [0.25, 0.3) is 0 Å². The largest absolute Gasteiger partial charge is 0.350 e. The van der Waals surface area contributed by atoms with E-state index in [0.29, 0.717) is 23.9 Å². The van der Waals surface area contributed by atoms with Gasteiger partial charge in [0.05, 0.1) is 19.0 Å². The summed E-state index contributed by atoms with van der Waals surface area (Å²) in [6, 6.07) is 0.0485. The molecule has 2 N–H and O–H groups in total. The number of carbonyl (C=O) groups excluding carboxylic acids is 2. The second kappa shape index (κ2) is 10.5. The van der Waals surface area contributed by atoms with Crippen molar-refractivity contribution < 1.29 is 19.2 Å². The minimum atomic E-state index is -0.603. The molecule has 2 fully saturated rings. The van der Waals surface area contributed by atoms with Gasteiger partial charge in [0.1, 0.15) is 5.69 Å². The Morgan fingerprint density at radius 1 is 1.42 bits per heavy atom. The molecule has 1 aromatic heterocycles. The number of hydrogen-bond acceptors (Lipinski definition) is 7. The molecular formula is C20H30ClFN6O3. The highest BCUT2D eigenvalue weighted by molar-refractivity contribution is 6.28. The van der Waals surface area contributed by atoms with E-state index in [2.05, 4.69) is 20.2 Å². The zero-order valence-corrected chi connectivity index (χ0v) is 18.7. The molecule has 0 unspecified atom stereocenters. The molecule has 0 bridgehead atoms. The van der Waals surface area contributed by atoms with Crippen LogP contribution in [0.5, 0.6) is 0 Å². The molecule has 172 valence electrons. The van der Waals surface area contributed by atoms with E-state index in [4.69, 9.17) is 11.6 Å². The van der Waals surface area contributed by atoms with Gasteiger partial charge >= 0.3 is 0 Å². The Hall–Kier alpha value is -2.04. The molecule has 2 atom stereocenters. The smallest absolute Gasteiger partial charge is 0.233 e. The van der Waals surface area contributed by atoms with Gasteiger partial charge in [-0.05, 0) is 37.9 Å². The fourth-order valence-corrected chi connectivity index (χ4v) is 4.37. The molecule has 11 heteroatoms. The number of piperazine rings is 1. The number of likely N-dealkylation sites (N-methyl/N-ethyl adjacent to an activating group) is 1. The van der Waals surface area contributed by atoms with Gasteiger partial charge in [-0.2, -0.15) is 4.98 Å². The molecule has 3 rings (SSSR count). The topological polar surface area (TPSA) is 102 Å². The molecule has 1 aliphatic carbocycles. The summed E-state index contributed by atoms with van der Waals surface area (Å²) in [7, 11) is 2.01. The first-order valence-electron chi connectivity index (χ1n) is 10.6. The van der Waals surface area contributed by atoms with Crippen LogP contribution < -0.4 is 10.2 Å². The van der Waals surface area contributed by atoms with Crippen LogP contribution in [0.25, 0.3) is 0 Å². The zero-order chi connectivity index (χ0) is 22.5. The number of nitrogens with one attached hydrogen (secondary N) is 1. The Morgan fingerprint density at radius 2 is 2.16 bits per heavy atom. The molecule has 9 nitrogen and oxygen atoms in total. The molecular weight excluding hydrogens is 427 g/mol. The fourth-order valence-electron chi connectivity index (χ4n) is 4.19. The summed E-state index contributed by atoms with van der Waals surface area (Å²) in [5, 5.41) is 12.6. The third kappa shape index (κ3) is 6.02. The summed E-state index contributed by atoms with van der Waals surface area (Å²) in [5.74, 6) is -1.02. The van der Waals surface area contributed by atoms with Crippen molar-refractivity contribution in [3.05, 3.63) is 16.8 Å². The molecule has 2 amide bonds. The Morgan fingerprint density at radius 3 is 2.77 bits per heavy atom. The van der Waals surface area contributed by atoms with E-state index in [1.54, 1.807) is 0 Å². The maximum Gasteiger partial charge on any atom is 0.233 e. The number of rotatable bonds is 9. The van der Waals surface area contributed by atoms with E-state index < -0.39 is 11.7 Å². The quantitative estimate of drug-likeness (QED) is 0.252. The van der Waals surface area contributed by atoms with Crippen LogP contribution in [0.1, 0.15) is 38.3 Å². The molecule has 0 spiro atoms. The van der Waals surface area contributed by atoms with Gasteiger partial charge in [0.2, 0.25) is 17.6 Å². The molecule has 0 aromatic carbocycles. The van der Waals surface area contributed by atoms with Crippen molar-refractivity contribution in [1.29, 1.82) is 0 Å². The lowest BCUT2D eigenvalue weighted by Crippen LogP contribution is -2.51. The minimum absolute atomic E-state index is 0.00751. The standard InChI is InChI=1S/C20H30ClFN6O3/c1-13-10-26(2)6-7-28(13)18-17(22)16(24-20(21)25-18)9-23-19(30)15(11-27(31)12-29)8-14-4-3-5-14/h12-15,31H,3-11H2,1-2H3,(H,23,30)/t13-,15-/m1/s1. The zero-order valence-electron chi connectivity index (χ0n) is 17.9. The maximum atomic E-state index is 15.2. The Labute approximate surface area is 186 Å². The average Bonchev–Trinajstić information content (AvgIpc) is 2.69. The Kier molecular flexibility index (Phi) is 8.01. The lowest BCUT2D eigenvalue weighted by atomic mass is 9.78. The lowest BCUT2D eigenvalue weighted by Gasteiger charge is -2.39. The number of hydrogen-bond donors (Lipinski definition) is 2. The van der Waals surface area contributed by atoms with E-state index in [1.807, 2.05) is 18.9 Å². The third-order valence-electron chi connectivity index (χ3n) is 6.15. The maximum absolute atomic E-state index is 15.2. The van der Waals surface area contributed by atoms with E-state index in [1.165, 1.54) is 0 Å². The fraction of sp³-hybridized carbons (Fsp3) is 0.700. The van der Waals surface area contributed by atoms with Crippen molar-refractivity contribution >= 4 is 29.7 Å². The van der Waals surface area contributed by atoms with E-state index in [9.17, 15) is 14.8 Å². The highest BCUT2D eigenvalue weighted by Crippen LogP contribution is 2.32. The van der Waals surface area contributed by atoms with Crippen LogP contribution in [0.3, 0.4) is 0 Å². The monoisotopic (exact) mass is 456 g/mol. The highest BCUT2D eigenvalue weighted by Gasteiger charge is 2.30. The number of carbonyl (C=O) groups is 2. The number of amides is 2. The number of halogens is 2. The molecule has 31 heavy (non-hydrogen) atoms. The molecule has 1 saturated heterocycles. The summed E-state index contributed by atoms with van der Waals surface area (Å²) >= 11 is 6.06. The van der Waals surface area contributed by atoms with Gasteiger partial charge in [-0.25, -0.2) is 14.4 Å². The SMILES string of the molecule is C[C@@H]1CN(C)CCN1c1nc(Cl)nc(CNC(=O)[C@H](CC2CCC2)CN(O)C=O)c1F. The summed E-state index contributed by atoms with van der Waals surface area (Å²) in [6.07, 6.45) is 4.01. The van der Waals surface area contributed by atoms with Gasteiger partial charge in [-0.3, -0.25) is 14.8 Å². The van der Waals surface area contributed by atoms with E-state index in [0.717, 1.165) is 32.4 Å². The average molecular weight is 457 g/mol. The first kappa shape index (κ1) is 23.6. The molecule has 1 saturated carbocycles. The van der Waals surface area contributed by atoms with Gasteiger partial charge < -0.3 is 15.1 Å². The number of aromatic nitrogens is 2. The van der Waals surface area contributed by atoms with E-state index >= 15 is 4.39 Å². The predicted molar refractivity (Wildman–Crippen MR) is 113 cm³/mol. The van der Waals surface area contributed by atoms with Crippen LogP contribution in [-0.2, 0) is 16.1 Å². The number of anilines is 1. The summed E-state index contributed by atoms with van der Waals surface area (Å²) in [5.41, 5.74) is 0.00751. The van der Waals surface area contributed by atoms with Crippen LogP contribution in [0.2, 0.25) is 5.28 Å². The first-order valence-corrected chi connectivity index (χ1v) is 11.0. The summed E-state index contributed by atoms with van der Waals surface area (Å²) in [6.45, 7) is 3.87. The van der Waals surface area contributed by atoms with Crippen molar-refractivity contribution in [3.63, 3.8) is 0 Å². The lowest BCUT2D eigenvalue weighted by molar-refractivity contribution is -0.155. The Balaban J connectivity index is 1.70. The highest BCUT2D eigenvalue weighted by atomic mass is 35.5. The van der Waals surface area contributed by atoms with Crippen molar-refractivity contribution in [2.24, 2.45) is 11.8 Å². The normalized spacial score (nSPS) is 20.8. The van der Waals surface area contributed by atoms with Crippen LogP contribution >= 0.6 is 11.6 Å². The first-order chi connectivity index (χ1) is 14.8. The van der Waals surface area contributed by atoms with Crippen molar-refractivity contribution in [3.8, 4) is 0 Å². The van der Waals surface area contributed by atoms with Crippen LogP contribution in [0, 0.1) is 17.7 Å². The number of hydroxylamine groups is 2. The van der Waals surface area contributed by atoms with Crippen molar-refractivity contribution in [2.75, 3.05) is 38.1 Å².